The molecule has 0 fully saturated rings. The van der Waals surface area contributed by atoms with Gasteiger partial charge in [-0.3, -0.25) is 0 Å². The second-order valence-electron chi connectivity index (χ2n) is 13.4. The zero-order chi connectivity index (χ0) is 30.8. The lowest BCUT2D eigenvalue weighted by atomic mass is 10.00. The molecule has 0 rings (SSSR count). The van der Waals surface area contributed by atoms with Crippen LogP contribution in [0.1, 0.15) is 194 Å². The van der Waals surface area contributed by atoms with Crippen LogP contribution < -0.4 is 5.32 Å². The van der Waals surface area contributed by atoms with Crippen molar-refractivity contribution in [2.75, 3.05) is 40.4 Å². The minimum Gasteiger partial charge on any atom is -0.353 e. The molecular formula is C38H80N2O2. The first-order chi connectivity index (χ1) is 20.6. The Morgan fingerprint density at radius 2 is 0.833 bits per heavy atom. The fourth-order valence-corrected chi connectivity index (χ4v) is 5.86. The van der Waals surface area contributed by atoms with Gasteiger partial charge in [-0.1, -0.05) is 149 Å². The van der Waals surface area contributed by atoms with Crippen LogP contribution in [0.2, 0.25) is 0 Å². The molecule has 0 heterocycles. The summed E-state index contributed by atoms with van der Waals surface area (Å²) >= 11 is 0. The Morgan fingerprint density at radius 1 is 0.452 bits per heavy atom. The average molecular weight is 597 g/mol. The summed E-state index contributed by atoms with van der Waals surface area (Å²) in [4.78, 5) is 2.30. The Balaban J connectivity index is 4.21. The maximum absolute atomic E-state index is 6.25. The summed E-state index contributed by atoms with van der Waals surface area (Å²) in [5.74, 6) is 0. The van der Waals surface area contributed by atoms with Crippen molar-refractivity contribution in [2.45, 2.75) is 206 Å². The van der Waals surface area contributed by atoms with Gasteiger partial charge >= 0.3 is 0 Å². The highest BCUT2D eigenvalue weighted by molar-refractivity contribution is 4.68. The molecule has 0 aromatic heterocycles. The highest BCUT2D eigenvalue weighted by atomic mass is 16.7. The molecule has 0 spiro atoms. The molecular weight excluding hydrogens is 516 g/mol. The number of rotatable bonds is 36. The van der Waals surface area contributed by atoms with Crippen molar-refractivity contribution in [1.29, 1.82) is 0 Å². The van der Waals surface area contributed by atoms with Crippen molar-refractivity contribution in [2.24, 2.45) is 0 Å². The zero-order valence-corrected chi connectivity index (χ0v) is 29.8. The highest BCUT2D eigenvalue weighted by Gasteiger charge is 2.11. The Morgan fingerprint density at radius 3 is 1.26 bits per heavy atom. The predicted octanol–water partition coefficient (Wildman–Crippen LogP) is 11.5. The summed E-state index contributed by atoms with van der Waals surface area (Å²) in [6.07, 6.45) is 35.9. The molecule has 0 aromatic carbocycles. The van der Waals surface area contributed by atoms with E-state index in [2.05, 4.69) is 45.1 Å². The monoisotopic (exact) mass is 597 g/mol. The van der Waals surface area contributed by atoms with E-state index in [4.69, 9.17) is 9.47 Å². The third-order valence-corrected chi connectivity index (χ3v) is 8.72. The smallest absolute Gasteiger partial charge is 0.157 e. The summed E-state index contributed by atoms with van der Waals surface area (Å²) in [5.41, 5.74) is 0. The van der Waals surface area contributed by atoms with Crippen molar-refractivity contribution in [1.82, 2.24) is 10.2 Å². The molecule has 0 aliphatic rings. The van der Waals surface area contributed by atoms with Crippen molar-refractivity contribution < 1.29 is 9.47 Å². The normalized spacial score (nSPS) is 12.6. The molecule has 0 aliphatic heterocycles. The second kappa shape index (κ2) is 35.3. The lowest BCUT2D eigenvalue weighted by molar-refractivity contribution is -0.148. The molecule has 0 radical (unpaired) electrons. The second-order valence-corrected chi connectivity index (χ2v) is 13.4. The molecule has 4 heteroatoms. The third-order valence-electron chi connectivity index (χ3n) is 8.72. The van der Waals surface area contributed by atoms with Gasteiger partial charge in [-0.25, -0.2) is 0 Å². The van der Waals surface area contributed by atoms with E-state index >= 15 is 0 Å². The van der Waals surface area contributed by atoms with E-state index in [9.17, 15) is 0 Å². The molecule has 1 atom stereocenters. The van der Waals surface area contributed by atoms with E-state index in [0.717, 1.165) is 26.2 Å². The third kappa shape index (κ3) is 32.7. The molecule has 4 nitrogen and oxygen atoms in total. The SMILES string of the molecule is CCCCCCCCOC(CCCCCCCC(CCCCCCCC)NCCCN(C)C)OCCCCCCCC. The van der Waals surface area contributed by atoms with Gasteiger partial charge in [0.2, 0.25) is 0 Å². The summed E-state index contributed by atoms with van der Waals surface area (Å²) in [5, 5.41) is 3.91. The van der Waals surface area contributed by atoms with Crippen LogP contribution in [0, 0.1) is 0 Å². The van der Waals surface area contributed by atoms with Gasteiger partial charge in [-0.2, -0.15) is 0 Å². The van der Waals surface area contributed by atoms with Gasteiger partial charge in [0.25, 0.3) is 0 Å². The molecule has 0 amide bonds. The van der Waals surface area contributed by atoms with Gasteiger partial charge in [0.1, 0.15) is 0 Å². The number of hydrogen-bond donors (Lipinski definition) is 1. The number of nitrogens with zero attached hydrogens (tertiary/aromatic N) is 1. The van der Waals surface area contributed by atoms with Crippen molar-refractivity contribution in [3.63, 3.8) is 0 Å². The molecule has 254 valence electrons. The summed E-state index contributed by atoms with van der Waals surface area (Å²) in [6, 6.07) is 0.716. The van der Waals surface area contributed by atoms with Crippen molar-refractivity contribution in [3.8, 4) is 0 Å². The van der Waals surface area contributed by atoms with E-state index < -0.39 is 0 Å². The molecule has 1 N–H and O–H groups in total. The number of hydrogen-bond acceptors (Lipinski definition) is 4. The van der Waals surface area contributed by atoms with E-state index in [0.29, 0.717) is 6.04 Å². The number of nitrogens with one attached hydrogen (secondary N) is 1. The van der Waals surface area contributed by atoms with Crippen LogP contribution in [-0.2, 0) is 9.47 Å². The van der Waals surface area contributed by atoms with Crippen LogP contribution in [0.3, 0.4) is 0 Å². The van der Waals surface area contributed by atoms with E-state index in [1.165, 1.54) is 173 Å². The molecule has 0 saturated heterocycles. The van der Waals surface area contributed by atoms with Crippen LogP contribution in [0.25, 0.3) is 0 Å². The lowest BCUT2D eigenvalue weighted by Gasteiger charge is -2.20. The van der Waals surface area contributed by atoms with Gasteiger partial charge in [-0.05, 0) is 72.1 Å². The molecule has 42 heavy (non-hydrogen) atoms. The van der Waals surface area contributed by atoms with Crippen LogP contribution in [-0.4, -0.2) is 57.6 Å². The maximum Gasteiger partial charge on any atom is 0.157 e. The molecule has 1 unspecified atom stereocenters. The minimum atomic E-state index is 0.0179. The summed E-state index contributed by atoms with van der Waals surface area (Å²) in [7, 11) is 4.36. The van der Waals surface area contributed by atoms with Crippen molar-refractivity contribution >= 4 is 0 Å². The van der Waals surface area contributed by atoms with Gasteiger partial charge in [0, 0.05) is 19.3 Å². The van der Waals surface area contributed by atoms with E-state index in [1.807, 2.05) is 0 Å². The molecule has 0 aliphatic carbocycles. The van der Waals surface area contributed by atoms with Crippen LogP contribution >= 0.6 is 0 Å². The van der Waals surface area contributed by atoms with Crippen LogP contribution in [0.15, 0.2) is 0 Å². The van der Waals surface area contributed by atoms with Gasteiger partial charge in [0.15, 0.2) is 6.29 Å². The van der Waals surface area contributed by atoms with Crippen molar-refractivity contribution in [3.05, 3.63) is 0 Å². The maximum atomic E-state index is 6.25. The zero-order valence-electron chi connectivity index (χ0n) is 29.8. The Hall–Kier alpha value is -0.160. The Labute approximate surface area is 266 Å². The first-order valence-electron chi connectivity index (χ1n) is 19.2. The lowest BCUT2D eigenvalue weighted by Crippen LogP contribution is -2.31. The van der Waals surface area contributed by atoms with Gasteiger partial charge < -0.3 is 19.7 Å². The largest absolute Gasteiger partial charge is 0.353 e. The first kappa shape index (κ1) is 41.8. The average Bonchev–Trinajstić information content (AvgIpc) is 2.98. The molecule has 0 aromatic rings. The topological polar surface area (TPSA) is 33.7 Å². The Bertz CT molecular complexity index is 470. The fraction of sp³-hybridized carbons (Fsp3) is 1.00. The van der Waals surface area contributed by atoms with Gasteiger partial charge in [0.05, 0.1) is 0 Å². The number of unbranched alkanes of at least 4 members (excludes halogenated alkanes) is 19. The standard InChI is InChI=1S/C38H80N2O2/c1-6-9-12-15-19-24-30-37(39-33-29-34-40(4)5)31-25-20-18-21-26-32-38(41-35-27-22-16-13-10-7-2)42-36-28-23-17-14-11-8-3/h37-39H,6-36H2,1-5H3. The van der Waals surface area contributed by atoms with E-state index in [-0.39, 0.29) is 6.29 Å². The molecule has 0 saturated carbocycles. The summed E-state index contributed by atoms with van der Waals surface area (Å²) in [6.45, 7) is 11.0. The Kier molecular flexibility index (Phi) is 35.2. The van der Waals surface area contributed by atoms with Crippen LogP contribution in [0.5, 0.6) is 0 Å². The fourth-order valence-electron chi connectivity index (χ4n) is 5.86. The first-order valence-corrected chi connectivity index (χ1v) is 19.2. The minimum absolute atomic E-state index is 0.0179. The number of ether oxygens (including phenoxy) is 2. The quantitative estimate of drug-likeness (QED) is 0.0576. The van der Waals surface area contributed by atoms with E-state index in [1.54, 1.807) is 0 Å². The predicted molar refractivity (Wildman–Crippen MR) is 188 cm³/mol. The van der Waals surface area contributed by atoms with Gasteiger partial charge in [-0.15, -0.1) is 0 Å². The molecule has 0 bridgehead atoms. The highest BCUT2D eigenvalue weighted by Crippen LogP contribution is 2.17. The van der Waals surface area contributed by atoms with Crippen LogP contribution in [0.4, 0.5) is 0 Å². The summed E-state index contributed by atoms with van der Waals surface area (Å²) < 4.78 is 12.5.